The molecule has 1 heterocycles. The van der Waals surface area contributed by atoms with Crippen molar-refractivity contribution in [3.05, 3.63) is 64.8 Å². The van der Waals surface area contributed by atoms with Crippen LogP contribution in [0.15, 0.2) is 59.3 Å². The molecule has 0 atom stereocenters. The number of rotatable bonds is 7. The number of esters is 1. The maximum absolute atomic E-state index is 12.9. The highest BCUT2D eigenvalue weighted by Crippen LogP contribution is 2.32. The highest BCUT2D eigenvalue weighted by atomic mass is 35.5. The van der Waals surface area contributed by atoms with E-state index in [1.165, 1.54) is 31.4 Å². The second-order valence-electron chi connectivity index (χ2n) is 6.14. The first-order chi connectivity index (χ1) is 14.0. The summed E-state index contributed by atoms with van der Waals surface area (Å²) < 4.78 is 10.3. The van der Waals surface area contributed by atoms with E-state index >= 15 is 0 Å². The number of hydrogen-bond acceptors (Lipinski definition) is 6. The van der Waals surface area contributed by atoms with Gasteiger partial charge in [0.2, 0.25) is 0 Å². The van der Waals surface area contributed by atoms with Gasteiger partial charge in [-0.25, -0.2) is 9.69 Å². The molecule has 29 heavy (non-hydrogen) atoms. The Morgan fingerprint density at radius 1 is 1.07 bits per heavy atom. The third kappa shape index (κ3) is 4.09. The Kier molecular flexibility index (Phi) is 6.19. The molecule has 1 N–H and O–H groups in total. The van der Waals surface area contributed by atoms with E-state index in [1.54, 1.807) is 24.3 Å². The Labute approximate surface area is 172 Å². The van der Waals surface area contributed by atoms with E-state index in [2.05, 4.69) is 5.32 Å². The van der Waals surface area contributed by atoms with Gasteiger partial charge in [-0.15, -0.1) is 0 Å². The summed E-state index contributed by atoms with van der Waals surface area (Å²) in [4.78, 5) is 38.3. The lowest BCUT2D eigenvalue weighted by atomic mass is 10.2. The van der Waals surface area contributed by atoms with Crippen LogP contribution >= 0.6 is 11.6 Å². The van der Waals surface area contributed by atoms with E-state index in [0.29, 0.717) is 35.7 Å². The minimum atomic E-state index is -0.657. The quantitative estimate of drug-likeness (QED) is 0.549. The van der Waals surface area contributed by atoms with Crippen LogP contribution in [-0.4, -0.2) is 31.5 Å². The second-order valence-corrected chi connectivity index (χ2v) is 6.52. The van der Waals surface area contributed by atoms with Crippen molar-refractivity contribution in [1.29, 1.82) is 0 Å². The van der Waals surface area contributed by atoms with E-state index in [0.717, 1.165) is 4.90 Å². The summed E-state index contributed by atoms with van der Waals surface area (Å²) in [5, 5.41) is 2.65. The van der Waals surface area contributed by atoms with Gasteiger partial charge in [0, 0.05) is 0 Å². The van der Waals surface area contributed by atoms with Crippen LogP contribution in [0.3, 0.4) is 0 Å². The van der Waals surface area contributed by atoms with Crippen LogP contribution < -0.4 is 15.0 Å². The lowest BCUT2D eigenvalue weighted by Gasteiger charge is -2.16. The van der Waals surface area contributed by atoms with E-state index < -0.39 is 17.8 Å². The average Bonchev–Trinajstić information content (AvgIpc) is 2.95. The van der Waals surface area contributed by atoms with Gasteiger partial charge in [-0.2, -0.15) is 0 Å². The summed E-state index contributed by atoms with van der Waals surface area (Å²) >= 11 is 6.14. The number of halogens is 1. The standard InChI is InChI=1S/C21H19ClN2O5/c1-3-12-29-21(27)13-8-10-14(11-9-13)24-19(25)17(22)18(20(24)26)23-15-6-4-5-7-16(15)28-2/h4-11,23H,3,12H2,1-2H3. The summed E-state index contributed by atoms with van der Waals surface area (Å²) in [5.41, 5.74) is 1.07. The van der Waals surface area contributed by atoms with Crippen molar-refractivity contribution in [2.45, 2.75) is 13.3 Å². The van der Waals surface area contributed by atoms with E-state index in [-0.39, 0.29) is 10.7 Å². The average molecular weight is 415 g/mol. The number of imide groups is 1. The largest absolute Gasteiger partial charge is 0.495 e. The number of nitrogens with one attached hydrogen (secondary N) is 1. The molecule has 7 nitrogen and oxygen atoms in total. The monoisotopic (exact) mass is 414 g/mol. The van der Waals surface area contributed by atoms with Gasteiger partial charge in [0.25, 0.3) is 11.8 Å². The molecule has 2 amide bonds. The van der Waals surface area contributed by atoms with Crippen molar-refractivity contribution in [3.8, 4) is 5.75 Å². The molecule has 150 valence electrons. The van der Waals surface area contributed by atoms with E-state index in [1.807, 2.05) is 6.92 Å². The number of nitrogens with zero attached hydrogens (tertiary/aromatic N) is 1. The summed E-state index contributed by atoms with van der Waals surface area (Å²) in [6, 6.07) is 12.9. The molecule has 0 fully saturated rings. The molecule has 1 aliphatic rings. The van der Waals surface area contributed by atoms with Gasteiger partial charge in [-0.1, -0.05) is 30.7 Å². The number of ether oxygens (including phenoxy) is 2. The minimum absolute atomic E-state index is 0.0485. The van der Waals surface area contributed by atoms with Gasteiger partial charge in [0.05, 0.1) is 30.7 Å². The van der Waals surface area contributed by atoms with Gasteiger partial charge in [0.1, 0.15) is 16.5 Å². The first kappa shape index (κ1) is 20.4. The van der Waals surface area contributed by atoms with Crippen molar-refractivity contribution in [2.75, 3.05) is 23.9 Å². The second kappa shape index (κ2) is 8.79. The van der Waals surface area contributed by atoms with Crippen LogP contribution in [0.25, 0.3) is 0 Å². The Hall–Kier alpha value is -3.32. The molecule has 8 heteroatoms. The summed E-state index contributed by atoms with van der Waals surface area (Å²) in [6.07, 6.45) is 0.715. The third-order valence-corrected chi connectivity index (χ3v) is 4.54. The predicted molar refractivity (Wildman–Crippen MR) is 109 cm³/mol. The maximum Gasteiger partial charge on any atom is 0.338 e. The molecule has 0 saturated heterocycles. The van der Waals surface area contributed by atoms with Crippen LogP contribution in [0.1, 0.15) is 23.7 Å². The fraction of sp³-hybridized carbons (Fsp3) is 0.190. The highest BCUT2D eigenvalue weighted by Gasteiger charge is 2.39. The number of hydrogen-bond donors (Lipinski definition) is 1. The van der Waals surface area contributed by atoms with Crippen molar-refractivity contribution in [1.82, 2.24) is 0 Å². The van der Waals surface area contributed by atoms with Crippen molar-refractivity contribution in [3.63, 3.8) is 0 Å². The first-order valence-corrected chi connectivity index (χ1v) is 9.31. The number of benzene rings is 2. The van der Waals surface area contributed by atoms with Gasteiger partial charge in [0.15, 0.2) is 0 Å². The summed E-state index contributed by atoms with van der Waals surface area (Å²) in [5.74, 6) is -1.23. The van der Waals surface area contributed by atoms with Gasteiger partial charge >= 0.3 is 5.97 Å². The van der Waals surface area contributed by atoms with Crippen LogP contribution in [0.2, 0.25) is 0 Å². The molecule has 2 aromatic carbocycles. The van der Waals surface area contributed by atoms with E-state index in [4.69, 9.17) is 21.1 Å². The zero-order valence-electron chi connectivity index (χ0n) is 15.9. The van der Waals surface area contributed by atoms with Crippen LogP contribution in [-0.2, 0) is 14.3 Å². The van der Waals surface area contributed by atoms with Crippen molar-refractivity contribution < 1.29 is 23.9 Å². The smallest absolute Gasteiger partial charge is 0.338 e. The first-order valence-electron chi connectivity index (χ1n) is 8.93. The lowest BCUT2D eigenvalue weighted by Crippen LogP contribution is -2.32. The Morgan fingerprint density at radius 3 is 2.41 bits per heavy atom. The lowest BCUT2D eigenvalue weighted by molar-refractivity contribution is -0.120. The van der Waals surface area contributed by atoms with Crippen LogP contribution in [0.4, 0.5) is 11.4 Å². The molecule has 0 spiro atoms. The highest BCUT2D eigenvalue weighted by molar-refractivity contribution is 6.53. The minimum Gasteiger partial charge on any atom is -0.495 e. The van der Waals surface area contributed by atoms with Crippen molar-refractivity contribution >= 4 is 40.8 Å². The van der Waals surface area contributed by atoms with Crippen LogP contribution in [0.5, 0.6) is 5.75 Å². The molecule has 1 aliphatic heterocycles. The number of amides is 2. The maximum atomic E-state index is 12.9. The van der Waals surface area contributed by atoms with Crippen molar-refractivity contribution in [2.24, 2.45) is 0 Å². The molecule has 0 radical (unpaired) electrons. The number of methoxy groups -OCH3 is 1. The SMILES string of the molecule is CCCOC(=O)c1ccc(N2C(=O)C(Cl)=C(Nc3ccccc3OC)C2=O)cc1. The topological polar surface area (TPSA) is 84.9 Å². The zero-order valence-corrected chi connectivity index (χ0v) is 16.7. The molecule has 3 rings (SSSR count). The van der Waals surface area contributed by atoms with E-state index in [9.17, 15) is 14.4 Å². The molecule has 0 saturated carbocycles. The molecular weight excluding hydrogens is 396 g/mol. The molecule has 0 aromatic heterocycles. The van der Waals surface area contributed by atoms with Gasteiger partial charge in [-0.3, -0.25) is 9.59 Å². The summed E-state index contributed by atoms with van der Waals surface area (Å²) in [6.45, 7) is 2.22. The molecule has 2 aromatic rings. The Balaban J connectivity index is 1.82. The molecule has 0 aliphatic carbocycles. The normalized spacial score (nSPS) is 13.7. The number of carbonyl (C=O) groups is 3. The number of para-hydroxylation sites is 2. The van der Waals surface area contributed by atoms with Crippen LogP contribution in [0, 0.1) is 0 Å². The fourth-order valence-corrected chi connectivity index (χ4v) is 2.97. The summed E-state index contributed by atoms with van der Waals surface area (Å²) in [7, 11) is 1.50. The number of carbonyl (C=O) groups excluding carboxylic acids is 3. The molecular formula is C21H19ClN2O5. The molecule has 0 unspecified atom stereocenters. The third-order valence-electron chi connectivity index (χ3n) is 4.19. The predicted octanol–water partition coefficient (Wildman–Crippen LogP) is 3.70. The van der Waals surface area contributed by atoms with Gasteiger partial charge < -0.3 is 14.8 Å². The fourth-order valence-electron chi connectivity index (χ4n) is 2.75. The Morgan fingerprint density at radius 2 is 1.76 bits per heavy atom. The molecule has 0 bridgehead atoms. The Bertz CT molecular complexity index is 985. The van der Waals surface area contributed by atoms with Gasteiger partial charge in [-0.05, 0) is 42.8 Å². The zero-order chi connectivity index (χ0) is 21.0. The number of anilines is 2.